The molecule has 0 bridgehead atoms. The molecule has 0 aliphatic carbocycles. The van der Waals surface area contributed by atoms with Crippen LogP contribution in [0, 0.1) is 12.7 Å². The third-order valence-corrected chi connectivity index (χ3v) is 6.11. The summed E-state index contributed by atoms with van der Waals surface area (Å²) in [6, 6.07) is 13.9. The summed E-state index contributed by atoms with van der Waals surface area (Å²) in [4.78, 5) is 26.6. The molecule has 1 amide bonds. The fourth-order valence-electron chi connectivity index (χ4n) is 4.30. The minimum absolute atomic E-state index is 0.0331. The number of halogens is 1. The van der Waals surface area contributed by atoms with Crippen molar-refractivity contribution in [2.24, 2.45) is 0 Å². The number of benzene rings is 2. The zero-order valence-corrected chi connectivity index (χ0v) is 18.1. The van der Waals surface area contributed by atoms with Gasteiger partial charge in [-0.2, -0.15) is 4.98 Å². The van der Waals surface area contributed by atoms with Crippen molar-refractivity contribution in [3.63, 3.8) is 0 Å². The maximum atomic E-state index is 14.3. The predicted octanol–water partition coefficient (Wildman–Crippen LogP) is 4.52. The van der Waals surface area contributed by atoms with Crippen LogP contribution < -0.4 is 9.64 Å². The van der Waals surface area contributed by atoms with Gasteiger partial charge < -0.3 is 14.5 Å². The lowest BCUT2D eigenvalue weighted by Crippen LogP contribution is -2.37. The van der Waals surface area contributed by atoms with Gasteiger partial charge in [0.05, 0.1) is 17.8 Å². The van der Waals surface area contributed by atoms with Crippen LogP contribution in [0.2, 0.25) is 0 Å². The normalized spacial score (nSPS) is 15.6. The van der Waals surface area contributed by atoms with Gasteiger partial charge in [-0.15, -0.1) is 0 Å². The second kappa shape index (κ2) is 8.57. The molecule has 0 N–H and O–H groups in total. The Kier molecular flexibility index (Phi) is 5.47. The third kappa shape index (κ3) is 3.90. The highest BCUT2D eigenvalue weighted by Gasteiger charge is 2.29. The zero-order valence-electron chi connectivity index (χ0n) is 18.1. The van der Waals surface area contributed by atoms with E-state index >= 15 is 0 Å². The van der Waals surface area contributed by atoms with Gasteiger partial charge in [0.15, 0.2) is 11.6 Å². The SMILES string of the molecule is Cc1ccccc1C(=O)N1CCc2nc(N3CCCC3)nc(Oc3ccccc3F)c2C1. The maximum absolute atomic E-state index is 14.3. The van der Waals surface area contributed by atoms with Crippen molar-refractivity contribution in [2.45, 2.75) is 32.7 Å². The minimum Gasteiger partial charge on any atom is -0.435 e. The molecule has 6 nitrogen and oxygen atoms in total. The van der Waals surface area contributed by atoms with Crippen molar-refractivity contribution < 1.29 is 13.9 Å². The Morgan fingerprint density at radius 3 is 2.53 bits per heavy atom. The molecule has 1 saturated heterocycles. The number of aromatic nitrogens is 2. The van der Waals surface area contributed by atoms with E-state index in [-0.39, 0.29) is 11.7 Å². The highest BCUT2D eigenvalue weighted by Crippen LogP contribution is 2.33. The number of ether oxygens (including phenoxy) is 1. The van der Waals surface area contributed by atoms with Crippen LogP contribution in [-0.2, 0) is 13.0 Å². The largest absolute Gasteiger partial charge is 0.435 e. The first-order valence-electron chi connectivity index (χ1n) is 11.0. The number of hydrogen-bond donors (Lipinski definition) is 0. The first-order chi connectivity index (χ1) is 15.6. The number of carbonyl (C=O) groups is 1. The van der Waals surface area contributed by atoms with E-state index in [4.69, 9.17) is 9.72 Å². The smallest absolute Gasteiger partial charge is 0.254 e. The van der Waals surface area contributed by atoms with Crippen LogP contribution in [0.4, 0.5) is 10.3 Å². The van der Waals surface area contributed by atoms with Gasteiger partial charge in [-0.3, -0.25) is 4.79 Å². The van der Waals surface area contributed by atoms with E-state index in [0.717, 1.165) is 42.8 Å². The van der Waals surface area contributed by atoms with Gasteiger partial charge in [-0.25, -0.2) is 9.37 Å². The topological polar surface area (TPSA) is 58.6 Å². The van der Waals surface area contributed by atoms with E-state index in [1.165, 1.54) is 6.07 Å². The van der Waals surface area contributed by atoms with Gasteiger partial charge in [-0.05, 0) is 43.5 Å². The highest BCUT2D eigenvalue weighted by molar-refractivity contribution is 5.95. The van der Waals surface area contributed by atoms with Crippen molar-refractivity contribution in [1.82, 2.24) is 14.9 Å². The number of aryl methyl sites for hydroxylation is 1. The molecule has 164 valence electrons. The maximum Gasteiger partial charge on any atom is 0.254 e. The van der Waals surface area contributed by atoms with E-state index in [1.54, 1.807) is 23.1 Å². The molecular formula is C25H25FN4O2. The van der Waals surface area contributed by atoms with Crippen LogP contribution in [0.5, 0.6) is 11.6 Å². The molecule has 0 radical (unpaired) electrons. The number of hydrogen-bond acceptors (Lipinski definition) is 5. The molecule has 2 aliphatic rings. The van der Waals surface area contributed by atoms with Crippen LogP contribution in [0.15, 0.2) is 48.5 Å². The quantitative estimate of drug-likeness (QED) is 0.607. The van der Waals surface area contributed by atoms with E-state index in [9.17, 15) is 9.18 Å². The number of amides is 1. The summed E-state index contributed by atoms with van der Waals surface area (Å²) >= 11 is 0. The second-order valence-corrected chi connectivity index (χ2v) is 8.27. The van der Waals surface area contributed by atoms with Crippen LogP contribution in [0.25, 0.3) is 0 Å². The number of rotatable bonds is 4. The predicted molar refractivity (Wildman–Crippen MR) is 120 cm³/mol. The molecule has 1 aromatic heterocycles. The molecule has 0 unspecified atom stereocenters. The molecule has 3 heterocycles. The van der Waals surface area contributed by atoms with Crippen LogP contribution in [-0.4, -0.2) is 40.4 Å². The van der Waals surface area contributed by atoms with E-state index < -0.39 is 5.82 Å². The van der Waals surface area contributed by atoms with Gasteiger partial charge in [0.2, 0.25) is 11.8 Å². The first-order valence-corrected chi connectivity index (χ1v) is 11.0. The van der Waals surface area contributed by atoms with E-state index in [2.05, 4.69) is 9.88 Å². The average Bonchev–Trinajstić information content (AvgIpc) is 3.35. The average molecular weight is 432 g/mol. The Hall–Kier alpha value is -3.48. The molecule has 2 aromatic carbocycles. The van der Waals surface area contributed by atoms with Gasteiger partial charge in [0, 0.05) is 31.6 Å². The molecule has 32 heavy (non-hydrogen) atoms. The molecule has 3 aromatic rings. The molecule has 2 aliphatic heterocycles. The summed E-state index contributed by atoms with van der Waals surface area (Å²) in [6.07, 6.45) is 2.80. The zero-order chi connectivity index (χ0) is 22.1. The van der Waals surface area contributed by atoms with Crippen molar-refractivity contribution in [3.8, 4) is 11.6 Å². The number of para-hydroxylation sites is 1. The van der Waals surface area contributed by atoms with Gasteiger partial charge in [-0.1, -0.05) is 30.3 Å². The lowest BCUT2D eigenvalue weighted by molar-refractivity contribution is 0.0731. The van der Waals surface area contributed by atoms with Crippen molar-refractivity contribution in [3.05, 3.63) is 76.7 Å². The van der Waals surface area contributed by atoms with E-state index in [1.807, 2.05) is 31.2 Å². The van der Waals surface area contributed by atoms with Crippen molar-refractivity contribution in [2.75, 3.05) is 24.5 Å². The fourth-order valence-corrected chi connectivity index (χ4v) is 4.30. The Labute approximate surface area is 186 Å². The first kappa shape index (κ1) is 20.4. The number of carbonyl (C=O) groups excluding carboxylic acids is 1. The monoisotopic (exact) mass is 432 g/mol. The van der Waals surface area contributed by atoms with Gasteiger partial charge in [0.1, 0.15) is 0 Å². The van der Waals surface area contributed by atoms with Gasteiger partial charge in [0.25, 0.3) is 5.91 Å². The summed E-state index contributed by atoms with van der Waals surface area (Å²) in [5, 5.41) is 0. The minimum atomic E-state index is -0.453. The van der Waals surface area contributed by atoms with Crippen LogP contribution in [0.3, 0.4) is 0 Å². The Balaban J connectivity index is 1.51. The van der Waals surface area contributed by atoms with Crippen LogP contribution >= 0.6 is 0 Å². The molecule has 0 atom stereocenters. The number of fused-ring (bicyclic) bond motifs is 1. The number of nitrogens with zero attached hydrogens (tertiary/aromatic N) is 4. The highest BCUT2D eigenvalue weighted by atomic mass is 19.1. The summed E-state index contributed by atoms with van der Waals surface area (Å²) in [5.41, 5.74) is 3.22. The third-order valence-electron chi connectivity index (χ3n) is 6.11. The van der Waals surface area contributed by atoms with Crippen LogP contribution in [0.1, 0.15) is 40.0 Å². The molecule has 0 spiro atoms. The Morgan fingerprint density at radius 2 is 1.75 bits per heavy atom. The molecular weight excluding hydrogens is 407 g/mol. The summed E-state index contributed by atoms with van der Waals surface area (Å²) in [5.74, 6) is 0.569. The van der Waals surface area contributed by atoms with Gasteiger partial charge >= 0.3 is 0 Å². The number of anilines is 1. The molecule has 5 rings (SSSR count). The lowest BCUT2D eigenvalue weighted by atomic mass is 10.0. The standard InChI is InChI=1S/C25H25FN4O2/c1-17-8-2-3-9-18(17)24(31)30-15-12-21-19(16-30)23(32-22-11-5-4-10-20(22)26)28-25(27-21)29-13-6-7-14-29/h2-5,8-11H,6-7,12-16H2,1H3. The fraction of sp³-hybridized carbons (Fsp3) is 0.320. The lowest BCUT2D eigenvalue weighted by Gasteiger charge is -2.30. The molecule has 0 saturated carbocycles. The van der Waals surface area contributed by atoms with Crippen molar-refractivity contribution >= 4 is 11.9 Å². The summed E-state index contributed by atoms with van der Waals surface area (Å²) < 4.78 is 20.3. The van der Waals surface area contributed by atoms with E-state index in [0.29, 0.717) is 36.9 Å². The molecule has 1 fully saturated rings. The Bertz CT molecular complexity index is 1160. The summed E-state index contributed by atoms with van der Waals surface area (Å²) in [6.45, 7) is 4.62. The Morgan fingerprint density at radius 1 is 1.00 bits per heavy atom. The summed E-state index contributed by atoms with van der Waals surface area (Å²) in [7, 11) is 0. The second-order valence-electron chi connectivity index (χ2n) is 8.27. The van der Waals surface area contributed by atoms with Crippen molar-refractivity contribution in [1.29, 1.82) is 0 Å². The molecule has 7 heteroatoms.